The molecule has 4 fully saturated rings. The Kier molecular flexibility index (Phi) is 5.91. The minimum absolute atomic E-state index is 0. The van der Waals surface area contributed by atoms with Gasteiger partial charge in [-0.05, 0) is 32.1 Å². The van der Waals surface area contributed by atoms with E-state index in [-0.39, 0.29) is 29.4 Å². The summed E-state index contributed by atoms with van der Waals surface area (Å²) in [6.07, 6.45) is 4.40. The van der Waals surface area contributed by atoms with E-state index in [0.29, 0.717) is 30.0 Å². The summed E-state index contributed by atoms with van der Waals surface area (Å²) in [4.78, 5) is 7.41. The predicted octanol–water partition coefficient (Wildman–Crippen LogP) is 2.46. The highest BCUT2D eigenvalue weighted by Gasteiger charge is 2.59. The van der Waals surface area contributed by atoms with Gasteiger partial charge in [-0.15, -0.1) is 24.0 Å². The Bertz CT molecular complexity index is 508. The molecule has 0 amide bonds. The summed E-state index contributed by atoms with van der Waals surface area (Å²) < 4.78 is 5.93. The largest absolute Gasteiger partial charge is 0.377 e. The van der Waals surface area contributed by atoms with Gasteiger partial charge < -0.3 is 15.4 Å². The number of likely N-dealkylation sites (tertiary alicyclic amines) is 1. The molecular formula is C19H35IN4O. The van der Waals surface area contributed by atoms with Gasteiger partial charge in [-0.25, -0.2) is 0 Å². The molecular weight excluding hydrogens is 427 g/mol. The fourth-order valence-corrected chi connectivity index (χ4v) is 5.16. The van der Waals surface area contributed by atoms with Gasteiger partial charge >= 0.3 is 0 Å². The van der Waals surface area contributed by atoms with Crippen LogP contribution in [0.5, 0.6) is 0 Å². The molecule has 2 saturated heterocycles. The summed E-state index contributed by atoms with van der Waals surface area (Å²) in [6, 6.07) is 1.85. The lowest BCUT2D eigenvalue weighted by Crippen LogP contribution is -2.68. The van der Waals surface area contributed by atoms with Crippen molar-refractivity contribution in [2.45, 2.75) is 71.2 Å². The average molecular weight is 462 g/mol. The minimum Gasteiger partial charge on any atom is -0.377 e. The van der Waals surface area contributed by atoms with Crippen molar-refractivity contribution in [3.8, 4) is 0 Å². The van der Waals surface area contributed by atoms with Crippen LogP contribution in [0.2, 0.25) is 0 Å². The van der Waals surface area contributed by atoms with E-state index in [1.165, 1.54) is 32.4 Å². The first-order valence-corrected chi connectivity index (χ1v) is 9.94. The van der Waals surface area contributed by atoms with E-state index >= 15 is 0 Å². The number of nitrogens with zero attached hydrogens (tertiary/aromatic N) is 2. The number of nitrogens with one attached hydrogen (secondary N) is 2. The molecule has 2 heterocycles. The zero-order valence-corrected chi connectivity index (χ0v) is 18.5. The molecule has 2 N–H and O–H groups in total. The van der Waals surface area contributed by atoms with Crippen LogP contribution in [0.25, 0.3) is 0 Å². The van der Waals surface area contributed by atoms with Crippen molar-refractivity contribution in [3.05, 3.63) is 0 Å². The normalized spacial score (nSPS) is 40.2. The summed E-state index contributed by atoms with van der Waals surface area (Å²) in [5.41, 5.74) is 0.193. The maximum absolute atomic E-state index is 5.93. The van der Waals surface area contributed by atoms with Crippen molar-refractivity contribution < 1.29 is 4.74 Å². The van der Waals surface area contributed by atoms with Crippen LogP contribution in [0.1, 0.15) is 47.0 Å². The number of guanidine groups is 1. The molecule has 4 aliphatic rings. The zero-order chi connectivity index (χ0) is 16.9. The first-order valence-electron chi connectivity index (χ1n) is 9.94. The standard InChI is InChI=1S/C19H34N4O.HI/c1-5-20-18(21-15-11-23(10-12(15)2)13-6-7-13)22-16-14-8-9-24-17(14)19(16,3)4;/h12-17H,5-11H2,1-4H3,(H2,20,21,22);1H. The van der Waals surface area contributed by atoms with Crippen molar-refractivity contribution in [1.82, 2.24) is 15.5 Å². The Labute approximate surface area is 169 Å². The summed E-state index contributed by atoms with van der Waals surface area (Å²) in [6.45, 7) is 13.3. The van der Waals surface area contributed by atoms with Crippen LogP contribution in [0.15, 0.2) is 4.99 Å². The molecule has 0 bridgehead atoms. The zero-order valence-electron chi connectivity index (χ0n) is 16.1. The van der Waals surface area contributed by atoms with E-state index in [1.807, 2.05) is 0 Å². The Morgan fingerprint density at radius 1 is 1.20 bits per heavy atom. The molecule has 0 aromatic carbocycles. The monoisotopic (exact) mass is 462 g/mol. The third-order valence-electron chi connectivity index (χ3n) is 6.73. The molecule has 144 valence electrons. The third-order valence-corrected chi connectivity index (χ3v) is 6.73. The van der Waals surface area contributed by atoms with Gasteiger partial charge in [0.2, 0.25) is 0 Å². The molecule has 25 heavy (non-hydrogen) atoms. The lowest BCUT2D eigenvalue weighted by molar-refractivity contribution is -0.106. The first kappa shape index (κ1) is 19.7. The van der Waals surface area contributed by atoms with Gasteiger partial charge in [-0.3, -0.25) is 9.89 Å². The van der Waals surface area contributed by atoms with Crippen molar-refractivity contribution in [3.63, 3.8) is 0 Å². The smallest absolute Gasteiger partial charge is 0.191 e. The summed E-state index contributed by atoms with van der Waals surface area (Å²) >= 11 is 0. The summed E-state index contributed by atoms with van der Waals surface area (Å²) in [7, 11) is 0. The molecule has 0 aromatic rings. The van der Waals surface area contributed by atoms with Crippen molar-refractivity contribution in [2.24, 2.45) is 22.2 Å². The highest BCUT2D eigenvalue weighted by molar-refractivity contribution is 14.0. The van der Waals surface area contributed by atoms with Crippen molar-refractivity contribution >= 4 is 29.9 Å². The lowest BCUT2D eigenvalue weighted by Gasteiger charge is -2.55. The molecule has 4 rings (SSSR count). The van der Waals surface area contributed by atoms with Crippen molar-refractivity contribution in [1.29, 1.82) is 0 Å². The van der Waals surface area contributed by atoms with Gasteiger partial charge in [0.1, 0.15) is 0 Å². The van der Waals surface area contributed by atoms with E-state index in [4.69, 9.17) is 9.73 Å². The maximum Gasteiger partial charge on any atom is 0.191 e. The van der Waals surface area contributed by atoms with Gasteiger partial charge in [0.25, 0.3) is 0 Å². The number of fused-ring (bicyclic) bond motifs is 1. The minimum atomic E-state index is 0. The van der Waals surface area contributed by atoms with Crippen LogP contribution in [0.4, 0.5) is 0 Å². The maximum atomic E-state index is 5.93. The average Bonchev–Trinajstić information content (AvgIpc) is 3.18. The van der Waals surface area contributed by atoms with Gasteiger partial charge in [0.15, 0.2) is 5.96 Å². The molecule has 2 aliphatic heterocycles. The molecule has 0 radical (unpaired) electrons. The molecule has 5 atom stereocenters. The van der Waals surface area contributed by atoms with E-state index < -0.39 is 0 Å². The number of rotatable bonds is 4. The molecule has 5 nitrogen and oxygen atoms in total. The fraction of sp³-hybridized carbons (Fsp3) is 0.947. The van der Waals surface area contributed by atoms with Gasteiger partial charge in [-0.1, -0.05) is 20.8 Å². The number of hydrogen-bond acceptors (Lipinski definition) is 3. The van der Waals surface area contributed by atoms with E-state index in [2.05, 4.69) is 43.2 Å². The molecule has 5 unspecified atom stereocenters. The van der Waals surface area contributed by atoms with Crippen LogP contribution in [-0.4, -0.2) is 61.3 Å². The molecule has 2 saturated carbocycles. The Morgan fingerprint density at radius 3 is 2.64 bits per heavy atom. The Hall–Kier alpha value is -0.0800. The van der Waals surface area contributed by atoms with Gasteiger partial charge in [0.05, 0.1) is 6.10 Å². The summed E-state index contributed by atoms with van der Waals surface area (Å²) in [5, 5.41) is 7.52. The van der Waals surface area contributed by atoms with Crippen LogP contribution < -0.4 is 10.6 Å². The number of aliphatic imine (C=N–C) groups is 1. The molecule has 2 aliphatic carbocycles. The number of ether oxygens (including phenoxy) is 1. The topological polar surface area (TPSA) is 48.9 Å². The molecule has 0 spiro atoms. The molecule has 6 heteroatoms. The highest BCUT2D eigenvalue weighted by Crippen LogP contribution is 2.52. The van der Waals surface area contributed by atoms with Crippen LogP contribution >= 0.6 is 24.0 Å². The van der Waals surface area contributed by atoms with Gasteiger partial charge in [-0.2, -0.15) is 0 Å². The van der Waals surface area contributed by atoms with Crippen LogP contribution in [0.3, 0.4) is 0 Å². The van der Waals surface area contributed by atoms with E-state index in [1.54, 1.807) is 0 Å². The molecule has 0 aromatic heterocycles. The number of halogens is 1. The third kappa shape index (κ3) is 3.68. The highest BCUT2D eigenvalue weighted by atomic mass is 127. The quantitative estimate of drug-likeness (QED) is 0.383. The van der Waals surface area contributed by atoms with E-state index in [9.17, 15) is 0 Å². The predicted molar refractivity (Wildman–Crippen MR) is 113 cm³/mol. The summed E-state index contributed by atoms with van der Waals surface area (Å²) in [5.74, 6) is 2.34. The van der Waals surface area contributed by atoms with E-state index in [0.717, 1.165) is 25.2 Å². The second-order valence-electron chi connectivity index (χ2n) is 8.92. The van der Waals surface area contributed by atoms with Crippen LogP contribution in [0, 0.1) is 17.3 Å². The fourth-order valence-electron chi connectivity index (χ4n) is 5.16. The SMILES string of the molecule is CCN=C(NC1CN(C2CC2)CC1C)NC1C2CCOC2C1(C)C.I. The first-order chi connectivity index (χ1) is 11.5. The van der Waals surface area contributed by atoms with Crippen molar-refractivity contribution in [2.75, 3.05) is 26.2 Å². The second kappa shape index (κ2) is 7.50. The number of hydrogen-bond donors (Lipinski definition) is 2. The van der Waals surface area contributed by atoms with Gasteiger partial charge in [0, 0.05) is 55.7 Å². The Balaban J connectivity index is 0.00000182. The van der Waals surface area contributed by atoms with Crippen LogP contribution in [-0.2, 0) is 4.74 Å². The Morgan fingerprint density at radius 2 is 1.96 bits per heavy atom. The second-order valence-corrected chi connectivity index (χ2v) is 8.92. The lowest BCUT2D eigenvalue weighted by atomic mass is 9.57.